The van der Waals surface area contributed by atoms with Gasteiger partial charge in [0.05, 0.1) is 0 Å². The zero-order valence-electron chi connectivity index (χ0n) is 13.5. The lowest BCUT2D eigenvalue weighted by Crippen LogP contribution is -2.48. The molecule has 2 aliphatic rings. The Bertz CT molecular complexity index is 430. The molecule has 3 nitrogen and oxygen atoms in total. The third-order valence-electron chi connectivity index (χ3n) is 4.47. The molecular weight excluding hydrogens is 317 g/mol. The van der Waals surface area contributed by atoms with Crippen molar-refractivity contribution < 1.29 is 0 Å². The van der Waals surface area contributed by atoms with Crippen molar-refractivity contribution >= 4 is 30.5 Å². The molecular formula is C17H29Cl2N3. The molecule has 2 fully saturated rings. The Balaban J connectivity index is 0.00000121. The molecule has 0 spiro atoms. The normalized spacial score (nSPS) is 18.5. The molecule has 1 N–H and O–H groups in total. The minimum atomic E-state index is 0. The molecule has 5 heteroatoms. The molecule has 3 rings (SSSR count). The van der Waals surface area contributed by atoms with Crippen LogP contribution >= 0.6 is 24.8 Å². The Hall–Kier alpha value is -0.480. The number of nitrogens with zero attached hydrogens (tertiary/aromatic N) is 2. The maximum atomic E-state index is 3.59. The monoisotopic (exact) mass is 345 g/mol. The van der Waals surface area contributed by atoms with Gasteiger partial charge in [0, 0.05) is 45.0 Å². The van der Waals surface area contributed by atoms with E-state index in [-0.39, 0.29) is 24.8 Å². The molecule has 0 amide bonds. The van der Waals surface area contributed by atoms with Crippen molar-refractivity contribution in [2.45, 2.75) is 19.8 Å². The third-order valence-corrected chi connectivity index (χ3v) is 4.47. The van der Waals surface area contributed by atoms with Crippen molar-refractivity contribution in [2.75, 3.05) is 50.7 Å². The number of nitrogens with one attached hydrogen (secondary N) is 1. The number of benzene rings is 1. The van der Waals surface area contributed by atoms with Gasteiger partial charge in [-0.2, -0.15) is 0 Å². The van der Waals surface area contributed by atoms with Crippen LogP contribution in [0.4, 0.5) is 5.69 Å². The third kappa shape index (κ3) is 5.96. The highest BCUT2D eigenvalue weighted by molar-refractivity contribution is 5.85. The lowest BCUT2D eigenvalue weighted by Gasteiger charge is -2.36. The highest BCUT2D eigenvalue weighted by atomic mass is 35.5. The van der Waals surface area contributed by atoms with Crippen LogP contribution in [0.5, 0.6) is 0 Å². The highest BCUT2D eigenvalue weighted by Gasteiger charge is 2.20. The summed E-state index contributed by atoms with van der Waals surface area (Å²) >= 11 is 0. The summed E-state index contributed by atoms with van der Waals surface area (Å²) in [5, 5.41) is 3.59. The Morgan fingerprint density at radius 1 is 1.09 bits per heavy atom. The zero-order chi connectivity index (χ0) is 13.8. The molecule has 126 valence electrons. The average molecular weight is 346 g/mol. The second-order valence-corrected chi connectivity index (χ2v) is 6.32. The summed E-state index contributed by atoms with van der Waals surface area (Å²) in [6.45, 7) is 10.5. The van der Waals surface area contributed by atoms with E-state index in [4.69, 9.17) is 0 Å². The first-order chi connectivity index (χ1) is 9.81. The predicted molar refractivity (Wildman–Crippen MR) is 99.9 cm³/mol. The van der Waals surface area contributed by atoms with Crippen LogP contribution in [-0.4, -0.2) is 50.7 Å². The molecule has 1 aliphatic heterocycles. The number of hydrogen-bond donors (Lipinski definition) is 1. The fourth-order valence-electron chi connectivity index (χ4n) is 2.92. The number of halogens is 2. The lowest BCUT2D eigenvalue weighted by atomic mass is 10.2. The molecule has 1 heterocycles. The first-order valence-corrected chi connectivity index (χ1v) is 8.06. The Morgan fingerprint density at radius 3 is 2.45 bits per heavy atom. The summed E-state index contributed by atoms with van der Waals surface area (Å²) in [4.78, 5) is 5.10. The van der Waals surface area contributed by atoms with E-state index in [9.17, 15) is 0 Å². The van der Waals surface area contributed by atoms with Crippen molar-refractivity contribution in [1.29, 1.82) is 0 Å². The Morgan fingerprint density at radius 2 is 1.82 bits per heavy atom. The van der Waals surface area contributed by atoms with E-state index in [2.05, 4.69) is 46.3 Å². The summed E-state index contributed by atoms with van der Waals surface area (Å²) in [5.41, 5.74) is 2.74. The van der Waals surface area contributed by atoms with Crippen LogP contribution in [0.15, 0.2) is 24.3 Å². The molecule has 1 aromatic carbocycles. The molecule has 0 unspecified atom stereocenters. The molecule has 1 aromatic rings. The SMILES string of the molecule is Cc1cccc(N2CCN(CCNCC3CC3)CC2)c1.Cl.Cl. The van der Waals surface area contributed by atoms with E-state index in [0.717, 1.165) is 25.6 Å². The van der Waals surface area contributed by atoms with Gasteiger partial charge in [0.1, 0.15) is 0 Å². The second-order valence-electron chi connectivity index (χ2n) is 6.32. The molecule has 0 atom stereocenters. The van der Waals surface area contributed by atoms with Crippen molar-refractivity contribution in [1.82, 2.24) is 10.2 Å². The summed E-state index contributed by atoms with van der Waals surface area (Å²) < 4.78 is 0. The van der Waals surface area contributed by atoms with Gasteiger partial charge in [-0.25, -0.2) is 0 Å². The summed E-state index contributed by atoms with van der Waals surface area (Å²) in [6.07, 6.45) is 2.89. The van der Waals surface area contributed by atoms with Crippen LogP contribution in [0.1, 0.15) is 18.4 Å². The van der Waals surface area contributed by atoms with Gasteiger partial charge in [0.25, 0.3) is 0 Å². The van der Waals surface area contributed by atoms with E-state index >= 15 is 0 Å². The van der Waals surface area contributed by atoms with Crippen molar-refractivity contribution in [3.05, 3.63) is 29.8 Å². The molecule has 22 heavy (non-hydrogen) atoms. The van der Waals surface area contributed by atoms with Gasteiger partial charge in [-0.15, -0.1) is 24.8 Å². The number of piperazine rings is 1. The number of anilines is 1. The van der Waals surface area contributed by atoms with Gasteiger partial charge in [-0.1, -0.05) is 12.1 Å². The molecule has 0 aromatic heterocycles. The first-order valence-electron chi connectivity index (χ1n) is 8.06. The second kappa shape index (κ2) is 9.61. The topological polar surface area (TPSA) is 18.5 Å². The summed E-state index contributed by atoms with van der Waals surface area (Å²) in [6, 6.07) is 8.87. The molecule has 0 bridgehead atoms. The average Bonchev–Trinajstić information content (AvgIpc) is 3.28. The minimum absolute atomic E-state index is 0. The van der Waals surface area contributed by atoms with Crippen molar-refractivity contribution in [3.63, 3.8) is 0 Å². The molecule has 1 saturated carbocycles. The number of hydrogen-bond acceptors (Lipinski definition) is 3. The minimum Gasteiger partial charge on any atom is -0.369 e. The van der Waals surface area contributed by atoms with Gasteiger partial charge < -0.3 is 10.2 Å². The first kappa shape index (κ1) is 19.6. The highest BCUT2D eigenvalue weighted by Crippen LogP contribution is 2.27. The quantitative estimate of drug-likeness (QED) is 0.799. The molecule has 1 saturated heterocycles. The van der Waals surface area contributed by atoms with Gasteiger partial charge in [0.2, 0.25) is 0 Å². The lowest BCUT2D eigenvalue weighted by molar-refractivity contribution is 0.257. The van der Waals surface area contributed by atoms with Gasteiger partial charge >= 0.3 is 0 Å². The van der Waals surface area contributed by atoms with Crippen molar-refractivity contribution in [3.8, 4) is 0 Å². The number of rotatable bonds is 6. The van der Waals surface area contributed by atoms with Crippen LogP contribution in [0, 0.1) is 12.8 Å². The van der Waals surface area contributed by atoms with Gasteiger partial charge in [-0.05, 0) is 49.9 Å². The maximum Gasteiger partial charge on any atom is 0.0369 e. The molecule has 1 aliphatic carbocycles. The summed E-state index contributed by atoms with van der Waals surface area (Å²) in [5.74, 6) is 0.994. The van der Waals surface area contributed by atoms with E-state index in [0.29, 0.717) is 0 Å². The van der Waals surface area contributed by atoms with Crippen LogP contribution in [0.2, 0.25) is 0 Å². The van der Waals surface area contributed by atoms with Crippen LogP contribution in [-0.2, 0) is 0 Å². The van der Waals surface area contributed by atoms with Crippen molar-refractivity contribution in [2.24, 2.45) is 5.92 Å². The summed E-state index contributed by atoms with van der Waals surface area (Å²) in [7, 11) is 0. The van der Waals surface area contributed by atoms with E-state index in [1.807, 2.05) is 0 Å². The largest absolute Gasteiger partial charge is 0.369 e. The fraction of sp³-hybridized carbons (Fsp3) is 0.647. The van der Waals surface area contributed by atoms with E-state index in [1.165, 1.54) is 50.3 Å². The smallest absolute Gasteiger partial charge is 0.0369 e. The zero-order valence-corrected chi connectivity index (χ0v) is 15.1. The predicted octanol–water partition coefficient (Wildman–Crippen LogP) is 2.96. The van der Waals surface area contributed by atoms with Crippen LogP contribution < -0.4 is 10.2 Å². The van der Waals surface area contributed by atoms with Gasteiger partial charge in [0.15, 0.2) is 0 Å². The van der Waals surface area contributed by atoms with Gasteiger partial charge in [-0.3, -0.25) is 4.90 Å². The van der Waals surface area contributed by atoms with E-state index in [1.54, 1.807) is 0 Å². The Kier molecular flexibility index (Phi) is 8.55. The van der Waals surface area contributed by atoms with Crippen LogP contribution in [0.3, 0.4) is 0 Å². The van der Waals surface area contributed by atoms with Crippen LogP contribution in [0.25, 0.3) is 0 Å². The number of aryl methyl sites for hydroxylation is 1. The maximum absolute atomic E-state index is 3.59. The fourth-order valence-corrected chi connectivity index (χ4v) is 2.92. The standard InChI is InChI=1S/C17H27N3.2ClH/c1-15-3-2-4-17(13-15)20-11-9-19(10-12-20)8-7-18-14-16-5-6-16;;/h2-4,13,16,18H,5-12,14H2,1H3;2*1H. The molecule has 0 radical (unpaired) electrons. The van der Waals surface area contributed by atoms with E-state index < -0.39 is 0 Å². The Labute approximate surface area is 147 Å².